The number of hydrogen-bond donors (Lipinski definition) is 0. The molecule has 23 heavy (non-hydrogen) atoms. The highest BCUT2D eigenvalue weighted by molar-refractivity contribution is 7.89. The molecule has 1 atom stereocenters. The maximum absolute atomic E-state index is 13.1. The van der Waals surface area contributed by atoms with Crippen molar-refractivity contribution in [2.45, 2.75) is 50.5 Å². The van der Waals surface area contributed by atoms with E-state index >= 15 is 0 Å². The van der Waals surface area contributed by atoms with E-state index in [1.807, 2.05) is 13.0 Å². The van der Waals surface area contributed by atoms with E-state index in [-0.39, 0.29) is 16.9 Å². The molecule has 1 aliphatic rings. The number of methoxy groups -OCH3 is 2. The van der Waals surface area contributed by atoms with Gasteiger partial charge in [-0.15, -0.1) is 0 Å². The molecule has 0 bridgehead atoms. The highest BCUT2D eigenvalue weighted by atomic mass is 32.2. The zero-order valence-corrected chi connectivity index (χ0v) is 15.4. The Morgan fingerprint density at radius 2 is 1.96 bits per heavy atom. The Hall–Kier alpha value is -1.11. The van der Waals surface area contributed by atoms with Gasteiger partial charge in [0.15, 0.2) is 0 Å². The third-order valence-electron chi connectivity index (χ3n) is 4.47. The van der Waals surface area contributed by atoms with E-state index in [0.29, 0.717) is 18.8 Å². The molecule has 1 unspecified atom stereocenters. The van der Waals surface area contributed by atoms with Gasteiger partial charge in [0, 0.05) is 20.2 Å². The van der Waals surface area contributed by atoms with Crippen molar-refractivity contribution in [2.24, 2.45) is 0 Å². The summed E-state index contributed by atoms with van der Waals surface area (Å²) in [5.74, 6) is 0.661. The van der Waals surface area contributed by atoms with Gasteiger partial charge in [0.1, 0.15) is 10.6 Å². The second-order valence-corrected chi connectivity index (χ2v) is 8.28. The Kier molecular flexibility index (Phi) is 5.70. The zero-order chi connectivity index (χ0) is 17.2. The average molecular weight is 341 g/mol. The molecule has 130 valence electrons. The van der Waals surface area contributed by atoms with Gasteiger partial charge in [-0.1, -0.05) is 13.8 Å². The van der Waals surface area contributed by atoms with Crippen LogP contribution in [0.4, 0.5) is 0 Å². The molecular weight excluding hydrogens is 314 g/mol. The van der Waals surface area contributed by atoms with Crippen LogP contribution in [0.5, 0.6) is 5.75 Å². The molecule has 5 nitrogen and oxygen atoms in total. The molecule has 6 heteroatoms. The monoisotopic (exact) mass is 341 g/mol. The fraction of sp³-hybridized carbons (Fsp3) is 0.647. The first-order chi connectivity index (χ1) is 10.8. The van der Waals surface area contributed by atoms with Crippen LogP contribution in [0.3, 0.4) is 0 Å². The molecule has 0 aliphatic carbocycles. The summed E-state index contributed by atoms with van der Waals surface area (Å²) in [5, 5.41) is 0. The number of rotatable bonds is 5. The lowest BCUT2D eigenvalue weighted by Gasteiger charge is -2.31. The number of aryl methyl sites for hydroxylation is 1. The van der Waals surface area contributed by atoms with Crippen LogP contribution in [0.2, 0.25) is 0 Å². The van der Waals surface area contributed by atoms with E-state index in [4.69, 9.17) is 9.47 Å². The van der Waals surface area contributed by atoms with Gasteiger partial charge in [0.25, 0.3) is 0 Å². The highest BCUT2D eigenvalue weighted by Gasteiger charge is 2.33. The summed E-state index contributed by atoms with van der Waals surface area (Å²) in [6.45, 7) is 7.03. The Balaban J connectivity index is 2.48. The third kappa shape index (κ3) is 3.70. The molecule has 0 N–H and O–H groups in total. The molecular formula is C17H27NO4S. The Labute approximate surface area is 139 Å². The lowest BCUT2D eigenvalue weighted by atomic mass is 9.98. The fourth-order valence-corrected chi connectivity index (χ4v) is 4.80. The van der Waals surface area contributed by atoms with Crippen molar-refractivity contribution in [1.29, 1.82) is 0 Å². The van der Waals surface area contributed by atoms with Crippen molar-refractivity contribution >= 4 is 10.0 Å². The summed E-state index contributed by atoms with van der Waals surface area (Å²) in [5.41, 5.74) is 2.08. The Bertz CT molecular complexity index is 655. The number of benzene rings is 1. The SMILES string of the molecule is COc1cc(C)c(C(C)C)cc1S(=O)(=O)N1CCCC(OC)C1. The highest BCUT2D eigenvalue weighted by Crippen LogP contribution is 2.34. The topological polar surface area (TPSA) is 55.8 Å². The van der Waals surface area contributed by atoms with Gasteiger partial charge in [-0.05, 0) is 48.9 Å². The molecule has 1 aromatic rings. The third-order valence-corrected chi connectivity index (χ3v) is 6.35. The van der Waals surface area contributed by atoms with Crippen LogP contribution >= 0.6 is 0 Å². The first-order valence-electron chi connectivity index (χ1n) is 8.02. The standard InChI is InChI=1S/C17H27NO4S/c1-12(2)15-10-17(16(22-5)9-13(15)3)23(19,20)18-8-6-7-14(11-18)21-4/h9-10,12,14H,6-8,11H2,1-5H3. The summed E-state index contributed by atoms with van der Waals surface area (Å²) in [4.78, 5) is 0.256. The van der Waals surface area contributed by atoms with E-state index in [0.717, 1.165) is 24.0 Å². The minimum Gasteiger partial charge on any atom is -0.495 e. The van der Waals surface area contributed by atoms with Crippen molar-refractivity contribution in [3.63, 3.8) is 0 Å². The second kappa shape index (κ2) is 7.20. The Morgan fingerprint density at radius 1 is 1.26 bits per heavy atom. The van der Waals surface area contributed by atoms with Crippen LogP contribution in [0.25, 0.3) is 0 Å². The van der Waals surface area contributed by atoms with Crippen LogP contribution < -0.4 is 4.74 Å². The van der Waals surface area contributed by atoms with Crippen LogP contribution in [0.15, 0.2) is 17.0 Å². The van der Waals surface area contributed by atoms with Gasteiger partial charge in [-0.2, -0.15) is 4.31 Å². The number of nitrogens with zero attached hydrogens (tertiary/aromatic N) is 1. The first-order valence-corrected chi connectivity index (χ1v) is 9.46. The summed E-state index contributed by atoms with van der Waals surface area (Å²) in [6, 6.07) is 3.59. The van der Waals surface area contributed by atoms with E-state index in [1.165, 1.54) is 11.4 Å². The van der Waals surface area contributed by atoms with Crippen molar-refractivity contribution in [3.05, 3.63) is 23.3 Å². The van der Waals surface area contributed by atoms with Crippen molar-refractivity contribution in [3.8, 4) is 5.75 Å². The molecule has 1 fully saturated rings. The normalized spacial score (nSPS) is 20.0. The summed E-state index contributed by atoms with van der Waals surface area (Å²) >= 11 is 0. The molecule has 1 heterocycles. The summed E-state index contributed by atoms with van der Waals surface area (Å²) < 4.78 is 38.4. The van der Waals surface area contributed by atoms with Gasteiger partial charge in [0.2, 0.25) is 10.0 Å². The number of hydrogen-bond acceptors (Lipinski definition) is 4. The molecule has 0 saturated carbocycles. The first kappa shape index (κ1) is 18.2. The van der Waals surface area contributed by atoms with E-state index in [1.54, 1.807) is 13.2 Å². The van der Waals surface area contributed by atoms with Gasteiger partial charge in [-0.25, -0.2) is 8.42 Å². The van der Waals surface area contributed by atoms with E-state index in [9.17, 15) is 8.42 Å². The molecule has 0 spiro atoms. The molecule has 0 aromatic heterocycles. The fourth-order valence-electron chi connectivity index (χ4n) is 3.12. The molecule has 1 aromatic carbocycles. The van der Waals surface area contributed by atoms with Gasteiger partial charge in [0.05, 0.1) is 13.2 Å². The van der Waals surface area contributed by atoms with Gasteiger partial charge < -0.3 is 9.47 Å². The smallest absolute Gasteiger partial charge is 0.246 e. The maximum atomic E-state index is 13.1. The van der Waals surface area contributed by atoms with Crippen LogP contribution in [-0.4, -0.2) is 46.1 Å². The lowest BCUT2D eigenvalue weighted by Crippen LogP contribution is -2.42. The lowest BCUT2D eigenvalue weighted by molar-refractivity contribution is 0.0571. The molecule has 0 amide bonds. The van der Waals surface area contributed by atoms with Crippen LogP contribution in [0.1, 0.15) is 43.7 Å². The quantitative estimate of drug-likeness (QED) is 0.826. The average Bonchev–Trinajstić information content (AvgIpc) is 2.53. The minimum atomic E-state index is -3.59. The number of ether oxygens (including phenoxy) is 2. The van der Waals surface area contributed by atoms with E-state index in [2.05, 4.69) is 13.8 Å². The Morgan fingerprint density at radius 3 is 2.52 bits per heavy atom. The van der Waals surface area contributed by atoms with Crippen molar-refractivity contribution in [2.75, 3.05) is 27.3 Å². The molecule has 1 saturated heterocycles. The predicted octanol–water partition coefficient (Wildman–Crippen LogP) is 2.93. The largest absolute Gasteiger partial charge is 0.495 e. The van der Waals surface area contributed by atoms with Crippen molar-refractivity contribution < 1.29 is 17.9 Å². The molecule has 1 aliphatic heterocycles. The summed E-state index contributed by atoms with van der Waals surface area (Å²) in [7, 11) is -0.452. The second-order valence-electron chi connectivity index (χ2n) is 6.38. The van der Waals surface area contributed by atoms with E-state index < -0.39 is 10.0 Å². The number of sulfonamides is 1. The zero-order valence-electron chi connectivity index (χ0n) is 14.6. The number of piperidine rings is 1. The van der Waals surface area contributed by atoms with Gasteiger partial charge >= 0.3 is 0 Å². The van der Waals surface area contributed by atoms with Crippen LogP contribution in [0, 0.1) is 6.92 Å². The minimum absolute atomic E-state index is 0.0421. The summed E-state index contributed by atoms with van der Waals surface area (Å²) in [6.07, 6.45) is 1.66. The maximum Gasteiger partial charge on any atom is 0.246 e. The molecule has 2 rings (SSSR count). The van der Waals surface area contributed by atoms with Gasteiger partial charge in [-0.3, -0.25) is 0 Å². The predicted molar refractivity (Wildman–Crippen MR) is 90.6 cm³/mol. The van der Waals surface area contributed by atoms with Crippen molar-refractivity contribution in [1.82, 2.24) is 4.31 Å². The van der Waals surface area contributed by atoms with Crippen LogP contribution in [-0.2, 0) is 14.8 Å². The molecule has 0 radical (unpaired) electrons.